The van der Waals surface area contributed by atoms with E-state index in [4.69, 9.17) is 4.74 Å². The van der Waals surface area contributed by atoms with Crippen molar-refractivity contribution >= 4 is 23.5 Å². The van der Waals surface area contributed by atoms with Crippen molar-refractivity contribution < 1.29 is 14.3 Å². The first kappa shape index (κ1) is 20.1. The van der Waals surface area contributed by atoms with Crippen molar-refractivity contribution in [1.82, 2.24) is 9.97 Å². The fraction of sp³-hybridized carbons (Fsp3) is 0.400. The zero-order valence-electron chi connectivity index (χ0n) is 15.8. The lowest BCUT2D eigenvalue weighted by molar-refractivity contribution is -0.146. The predicted molar refractivity (Wildman–Crippen MR) is 103 cm³/mol. The molecule has 0 bridgehead atoms. The van der Waals surface area contributed by atoms with E-state index in [2.05, 4.69) is 9.97 Å². The maximum Gasteiger partial charge on any atom is 0.306 e. The van der Waals surface area contributed by atoms with Crippen molar-refractivity contribution in [2.24, 2.45) is 0 Å². The molecule has 5 nitrogen and oxygen atoms in total. The van der Waals surface area contributed by atoms with Crippen LogP contribution in [0.5, 0.6) is 0 Å². The van der Waals surface area contributed by atoms with Gasteiger partial charge in [-0.2, -0.15) is 0 Å². The number of rotatable bonds is 7. The maximum absolute atomic E-state index is 12.3. The quantitative estimate of drug-likeness (QED) is 0.318. The van der Waals surface area contributed by atoms with Gasteiger partial charge < -0.3 is 4.74 Å². The Balaban J connectivity index is 1.94. The Kier molecular flexibility index (Phi) is 6.91. The molecule has 0 aliphatic carbocycles. The Morgan fingerprint density at radius 2 is 1.65 bits per heavy atom. The Hall–Kier alpha value is -2.21. The molecule has 0 saturated heterocycles. The van der Waals surface area contributed by atoms with Gasteiger partial charge in [-0.1, -0.05) is 41.6 Å². The van der Waals surface area contributed by atoms with Gasteiger partial charge in [0.1, 0.15) is 0 Å². The molecule has 0 amide bonds. The molecule has 2 rings (SSSR count). The molecule has 1 aromatic heterocycles. The van der Waals surface area contributed by atoms with Crippen molar-refractivity contribution in [2.45, 2.75) is 51.8 Å². The van der Waals surface area contributed by atoms with Crippen LogP contribution in [0.2, 0.25) is 0 Å². The zero-order chi connectivity index (χ0) is 19.3. The molecule has 2 aromatic rings. The summed E-state index contributed by atoms with van der Waals surface area (Å²) < 4.78 is 5.31. The van der Waals surface area contributed by atoms with E-state index in [0.29, 0.717) is 12.0 Å². The summed E-state index contributed by atoms with van der Waals surface area (Å²) in [7, 11) is 0. The fourth-order valence-electron chi connectivity index (χ4n) is 2.65. The van der Waals surface area contributed by atoms with Crippen LogP contribution in [0.15, 0.2) is 29.4 Å². The summed E-state index contributed by atoms with van der Waals surface area (Å²) in [6, 6.07) is 7.23. The van der Waals surface area contributed by atoms with Crippen molar-refractivity contribution in [3.63, 3.8) is 0 Å². The number of benzene rings is 1. The Labute approximate surface area is 158 Å². The summed E-state index contributed by atoms with van der Waals surface area (Å²) >= 11 is 1.49. The van der Waals surface area contributed by atoms with Crippen molar-refractivity contribution in [1.29, 1.82) is 0 Å². The number of carbonyl (C=O) groups is 2. The molecular weight excluding hydrogens is 348 g/mol. The van der Waals surface area contributed by atoms with Crippen LogP contribution in [0.1, 0.15) is 46.2 Å². The Bertz CT molecular complexity index is 780. The number of aromatic nitrogens is 2. The van der Waals surface area contributed by atoms with Gasteiger partial charge in [0, 0.05) is 23.4 Å². The van der Waals surface area contributed by atoms with Gasteiger partial charge in [0.05, 0.1) is 0 Å². The second kappa shape index (κ2) is 8.94. The molecule has 0 spiro atoms. The number of ether oxygens (including phenoxy) is 1. The topological polar surface area (TPSA) is 69.2 Å². The molecule has 0 fully saturated rings. The van der Waals surface area contributed by atoms with Gasteiger partial charge in [-0.15, -0.1) is 0 Å². The second-order valence-electron chi connectivity index (χ2n) is 6.22. The summed E-state index contributed by atoms with van der Waals surface area (Å²) in [6.07, 6.45) is 1.81. The maximum atomic E-state index is 12.3. The summed E-state index contributed by atoms with van der Waals surface area (Å²) in [5.41, 5.74) is 4.32. The summed E-state index contributed by atoms with van der Waals surface area (Å²) in [6.45, 7) is 7.39. The highest BCUT2D eigenvalue weighted by Crippen LogP contribution is 2.17. The number of Topliss-reactive ketones (excluding diaryl/α,β-unsaturated/α-hetero) is 1. The van der Waals surface area contributed by atoms with Gasteiger partial charge in [-0.3, -0.25) is 9.59 Å². The first-order valence-corrected chi connectivity index (χ1v) is 9.72. The van der Waals surface area contributed by atoms with Crippen LogP contribution in [0.25, 0.3) is 0 Å². The molecule has 26 heavy (non-hydrogen) atoms. The zero-order valence-corrected chi connectivity index (χ0v) is 16.6. The van der Waals surface area contributed by atoms with E-state index in [9.17, 15) is 9.59 Å². The van der Waals surface area contributed by atoms with Crippen LogP contribution in [0.3, 0.4) is 0 Å². The third-order valence-electron chi connectivity index (χ3n) is 4.18. The van der Waals surface area contributed by atoms with Crippen LogP contribution in [-0.4, -0.2) is 34.1 Å². The highest BCUT2D eigenvalue weighted by Gasteiger charge is 2.20. The number of nitrogens with zero attached hydrogens (tertiary/aromatic N) is 2. The van der Waals surface area contributed by atoms with Crippen LogP contribution in [0, 0.1) is 20.8 Å². The van der Waals surface area contributed by atoms with Gasteiger partial charge in [0.15, 0.2) is 11.3 Å². The predicted octanol–water partition coefficient (Wildman–Crippen LogP) is 3.87. The number of hydrogen-bond acceptors (Lipinski definition) is 6. The molecular formula is C20H24N2O3S. The van der Waals surface area contributed by atoms with E-state index >= 15 is 0 Å². The normalized spacial score (nSPS) is 11.9. The van der Waals surface area contributed by atoms with Crippen molar-refractivity contribution in [3.8, 4) is 0 Å². The van der Waals surface area contributed by atoms with E-state index in [1.54, 1.807) is 19.1 Å². The van der Waals surface area contributed by atoms with Gasteiger partial charge in [-0.25, -0.2) is 9.97 Å². The highest BCUT2D eigenvalue weighted by atomic mass is 32.2. The second-order valence-corrected chi connectivity index (χ2v) is 7.00. The SMILES string of the molecule is CSc1nc(C)c(CCC(=O)O[C@@H](C)C(=O)c2ccc(C)cc2)c(C)n1. The fourth-order valence-corrected chi connectivity index (χ4v) is 3.11. The lowest BCUT2D eigenvalue weighted by Crippen LogP contribution is -2.24. The average molecular weight is 372 g/mol. The van der Waals surface area contributed by atoms with Crippen LogP contribution in [0.4, 0.5) is 0 Å². The number of aryl methyl sites for hydroxylation is 3. The van der Waals surface area contributed by atoms with Crippen LogP contribution in [-0.2, 0) is 16.0 Å². The molecule has 1 aromatic carbocycles. The summed E-state index contributed by atoms with van der Waals surface area (Å²) in [5.74, 6) is -0.593. The first-order valence-electron chi connectivity index (χ1n) is 8.50. The molecule has 0 aliphatic rings. The molecule has 6 heteroatoms. The van der Waals surface area contributed by atoms with E-state index in [1.165, 1.54) is 11.8 Å². The molecule has 0 aliphatic heterocycles. The van der Waals surface area contributed by atoms with E-state index in [-0.39, 0.29) is 12.2 Å². The summed E-state index contributed by atoms with van der Waals surface area (Å²) in [5, 5.41) is 0.726. The smallest absolute Gasteiger partial charge is 0.306 e. The minimum absolute atomic E-state index is 0.190. The minimum atomic E-state index is -0.803. The van der Waals surface area contributed by atoms with E-state index in [0.717, 1.165) is 27.7 Å². The van der Waals surface area contributed by atoms with Gasteiger partial charge in [0.25, 0.3) is 0 Å². The number of hydrogen-bond donors (Lipinski definition) is 0. The van der Waals surface area contributed by atoms with E-state index in [1.807, 2.05) is 39.2 Å². The third-order valence-corrected chi connectivity index (χ3v) is 4.72. The molecule has 1 heterocycles. The monoisotopic (exact) mass is 372 g/mol. The van der Waals surface area contributed by atoms with Crippen LogP contribution >= 0.6 is 11.8 Å². The number of carbonyl (C=O) groups excluding carboxylic acids is 2. The molecule has 0 unspecified atom stereocenters. The standard InChI is InChI=1S/C20H24N2O3S/c1-12-6-8-16(9-7-12)19(24)15(4)25-18(23)11-10-17-13(2)21-20(26-5)22-14(17)3/h6-9,15H,10-11H2,1-5H3/t15-/m0/s1. The third kappa shape index (κ3) is 5.14. The highest BCUT2D eigenvalue weighted by molar-refractivity contribution is 7.98. The summed E-state index contributed by atoms with van der Waals surface area (Å²) in [4.78, 5) is 33.3. The van der Waals surface area contributed by atoms with Gasteiger partial charge in [0.2, 0.25) is 5.78 Å². The van der Waals surface area contributed by atoms with Gasteiger partial charge in [-0.05, 0) is 45.9 Å². The lowest BCUT2D eigenvalue weighted by atomic mass is 10.1. The number of thioether (sulfide) groups is 1. The van der Waals surface area contributed by atoms with Gasteiger partial charge >= 0.3 is 5.97 Å². The molecule has 0 N–H and O–H groups in total. The largest absolute Gasteiger partial charge is 0.454 e. The molecule has 138 valence electrons. The van der Waals surface area contributed by atoms with Crippen molar-refractivity contribution in [2.75, 3.05) is 6.26 Å². The van der Waals surface area contributed by atoms with E-state index < -0.39 is 12.1 Å². The Morgan fingerprint density at radius 1 is 1.08 bits per heavy atom. The molecule has 1 atom stereocenters. The average Bonchev–Trinajstić information content (AvgIpc) is 2.60. The molecule has 0 radical (unpaired) electrons. The number of ketones is 1. The Morgan fingerprint density at radius 3 is 2.19 bits per heavy atom. The first-order chi connectivity index (χ1) is 12.3. The van der Waals surface area contributed by atoms with Crippen LogP contribution < -0.4 is 0 Å². The molecule has 0 saturated carbocycles. The van der Waals surface area contributed by atoms with Crippen molar-refractivity contribution in [3.05, 3.63) is 52.3 Å². The lowest BCUT2D eigenvalue weighted by Gasteiger charge is -2.13. The number of esters is 1. The minimum Gasteiger partial charge on any atom is -0.454 e.